The topological polar surface area (TPSA) is 90.4 Å². The molecule has 2 rings (SSSR count). The van der Waals surface area contributed by atoms with Crippen molar-refractivity contribution >= 4 is 28.6 Å². The number of aromatic nitrogens is 2. The minimum atomic E-state index is -3.88. The van der Waals surface area contributed by atoms with Crippen molar-refractivity contribution in [3.8, 4) is 0 Å². The van der Waals surface area contributed by atoms with Crippen molar-refractivity contribution in [2.45, 2.75) is 25.4 Å². The quantitative estimate of drug-likeness (QED) is 0.832. The van der Waals surface area contributed by atoms with E-state index in [4.69, 9.17) is 27.2 Å². The van der Waals surface area contributed by atoms with Gasteiger partial charge in [0, 0.05) is 24.6 Å². The average molecular weight is 361 g/mol. The zero-order valence-corrected chi connectivity index (χ0v) is 13.2. The number of hydrogen-bond acceptors (Lipinski definition) is 5. The maximum atomic E-state index is 14.5. The molecule has 7 nitrogen and oxygen atoms in total. The van der Waals surface area contributed by atoms with E-state index in [1.165, 1.54) is 6.20 Å². The Morgan fingerprint density at radius 1 is 1.62 bits per heavy atom. The van der Waals surface area contributed by atoms with Crippen LogP contribution >= 0.6 is 28.6 Å². The fourth-order valence-corrected chi connectivity index (χ4v) is 2.82. The van der Waals surface area contributed by atoms with Crippen molar-refractivity contribution in [2.24, 2.45) is 5.92 Å². The van der Waals surface area contributed by atoms with E-state index in [1.54, 1.807) is 6.92 Å². The number of alkyl halides is 1. The summed E-state index contributed by atoms with van der Waals surface area (Å²) in [6.45, 7) is 0.931. The van der Waals surface area contributed by atoms with Gasteiger partial charge in [-0.25, -0.2) is 9.18 Å². The lowest BCUT2D eigenvalue weighted by Gasteiger charge is -2.21. The second-order valence-corrected chi connectivity index (χ2v) is 9.05. The zero-order chi connectivity index (χ0) is 15.8. The first-order valence-electron chi connectivity index (χ1n) is 5.92. The van der Waals surface area contributed by atoms with Gasteiger partial charge in [0.05, 0.1) is 0 Å². The number of ether oxygens (including phenoxy) is 1. The number of aromatic amines is 1. The molecular weight excluding hydrogens is 349 g/mol. The number of halogens is 3. The lowest BCUT2D eigenvalue weighted by atomic mass is 10.1. The fraction of sp³-hybridized carbons (Fsp3) is 0.600. The summed E-state index contributed by atoms with van der Waals surface area (Å²) in [5.41, 5.74) is -1.29. The lowest BCUT2D eigenvalue weighted by molar-refractivity contribution is -0.173. The average Bonchev–Trinajstić information content (AvgIpc) is 2.63. The molecule has 1 fully saturated rings. The molecule has 0 spiro atoms. The highest BCUT2D eigenvalue weighted by molar-refractivity contribution is 8.05. The predicted molar refractivity (Wildman–Crippen MR) is 74.3 cm³/mol. The Bertz CT molecular complexity index is 689. The first-order valence-corrected chi connectivity index (χ1v) is 9.35. The van der Waals surface area contributed by atoms with Gasteiger partial charge in [0.25, 0.3) is 5.56 Å². The second kappa shape index (κ2) is 5.85. The van der Waals surface area contributed by atoms with Gasteiger partial charge >= 0.3 is 11.8 Å². The van der Waals surface area contributed by atoms with Crippen LogP contribution in [0.2, 0.25) is 0 Å². The normalized spacial score (nSPS) is 29.7. The summed E-state index contributed by atoms with van der Waals surface area (Å²) in [6, 6.07) is 1.12. The van der Waals surface area contributed by atoms with Crippen molar-refractivity contribution in [2.75, 3.05) is 6.61 Å². The highest BCUT2D eigenvalue weighted by Gasteiger charge is 2.47. The van der Waals surface area contributed by atoms with Crippen molar-refractivity contribution in [1.29, 1.82) is 0 Å². The molecule has 0 bridgehead atoms. The number of hydrogen-bond donors (Lipinski definition) is 1. The molecule has 1 N–H and O–H groups in total. The smallest absolute Gasteiger partial charge is 0.319 e. The standard InChI is InChI=1S/C10H12Cl2FN2O5P/c1-6-4-10(13,5-19-21(11,12)18)20-8(6)15-3-2-7(16)14-9(15)17/h2-3,6,8H,4-5H2,1H3,(H,14,16,17). The summed E-state index contributed by atoms with van der Waals surface area (Å²) in [4.78, 5) is 24.8. The van der Waals surface area contributed by atoms with Crippen LogP contribution < -0.4 is 11.2 Å². The van der Waals surface area contributed by atoms with Crippen LogP contribution in [0.15, 0.2) is 21.9 Å². The second-order valence-electron chi connectivity index (χ2n) is 4.78. The maximum Gasteiger partial charge on any atom is 0.380 e. The molecule has 0 amide bonds. The largest absolute Gasteiger partial charge is 0.380 e. The predicted octanol–water partition coefficient (Wildman–Crippen LogP) is 2.36. The van der Waals surface area contributed by atoms with Crippen LogP contribution in [0.1, 0.15) is 19.6 Å². The van der Waals surface area contributed by atoms with Crippen LogP contribution in [0.3, 0.4) is 0 Å². The number of nitrogens with one attached hydrogen (secondary N) is 1. The molecule has 2 heterocycles. The first kappa shape index (κ1) is 16.7. The Morgan fingerprint density at radius 3 is 2.86 bits per heavy atom. The van der Waals surface area contributed by atoms with E-state index in [1.807, 2.05) is 0 Å². The Hall–Kier alpha value is -0.660. The molecule has 11 heteroatoms. The third kappa shape index (κ3) is 4.17. The third-order valence-corrected chi connectivity index (χ3v) is 4.02. The molecule has 1 aliphatic rings. The molecule has 21 heavy (non-hydrogen) atoms. The zero-order valence-electron chi connectivity index (χ0n) is 10.8. The van der Waals surface area contributed by atoms with Gasteiger partial charge in [-0.15, -0.1) is 0 Å². The van der Waals surface area contributed by atoms with Crippen LogP contribution in [-0.4, -0.2) is 22.0 Å². The monoisotopic (exact) mass is 360 g/mol. The minimum absolute atomic E-state index is 0.114. The van der Waals surface area contributed by atoms with Crippen molar-refractivity contribution in [1.82, 2.24) is 9.55 Å². The summed E-state index contributed by atoms with van der Waals surface area (Å²) in [5.74, 6) is -2.67. The van der Waals surface area contributed by atoms with Gasteiger partial charge in [-0.2, -0.15) is 0 Å². The number of rotatable bonds is 4. The van der Waals surface area contributed by atoms with Crippen molar-refractivity contribution in [3.63, 3.8) is 0 Å². The van der Waals surface area contributed by atoms with Gasteiger partial charge in [0.15, 0.2) is 0 Å². The molecule has 1 aromatic heterocycles. The van der Waals surface area contributed by atoms with Crippen LogP contribution in [0.25, 0.3) is 0 Å². The Labute approximate surface area is 128 Å². The minimum Gasteiger partial charge on any atom is -0.319 e. The SMILES string of the molecule is CC1CC(F)(COP(=O)(Cl)Cl)OC1n1ccc(=O)[nH]c1=O. The first-order chi connectivity index (χ1) is 9.60. The van der Waals surface area contributed by atoms with Crippen LogP contribution in [0.5, 0.6) is 0 Å². The summed E-state index contributed by atoms with van der Waals surface area (Å²) < 4.78 is 36.3. The molecule has 1 saturated heterocycles. The third-order valence-electron chi connectivity index (χ3n) is 3.00. The molecule has 1 aliphatic heterocycles. The van der Waals surface area contributed by atoms with E-state index < -0.39 is 41.9 Å². The molecule has 0 radical (unpaired) electrons. The van der Waals surface area contributed by atoms with Gasteiger partial charge < -0.3 is 9.26 Å². The molecular formula is C10H12Cl2FN2O5P. The number of nitrogens with zero attached hydrogens (tertiary/aromatic N) is 1. The van der Waals surface area contributed by atoms with Crippen LogP contribution in [0, 0.1) is 5.92 Å². The van der Waals surface area contributed by atoms with Gasteiger partial charge in [-0.05, 0) is 22.5 Å². The molecule has 3 atom stereocenters. The summed E-state index contributed by atoms with van der Waals surface area (Å²) in [7, 11) is 0. The molecule has 1 aromatic rings. The van der Waals surface area contributed by atoms with E-state index in [0.717, 1.165) is 10.6 Å². The highest BCUT2D eigenvalue weighted by atomic mass is 35.9. The summed E-state index contributed by atoms with van der Waals surface area (Å²) in [5, 5.41) is 0. The lowest BCUT2D eigenvalue weighted by Crippen LogP contribution is -2.34. The van der Waals surface area contributed by atoms with Gasteiger partial charge in [-0.3, -0.25) is 18.9 Å². The van der Waals surface area contributed by atoms with Gasteiger partial charge in [0.1, 0.15) is 12.8 Å². The van der Waals surface area contributed by atoms with Gasteiger partial charge in [-0.1, -0.05) is 6.92 Å². The molecule has 0 aliphatic carbocycles. The Balaban J connectivity index is 2.19. The van der Waals surface area contributed by atoms with E-state index in [0.29, 0.717) is 0 Å². The highest BCUT2D eigenvalue weighted by Crippen LogP contribution is 2.58. The van der Waals surface area contributed by atoms with Crippen molar-refractivity contribution in [3.05, 3.63) is 33.1 Å². The number of H-pyrrole nitrogens is 1. The fourth-order valence-electron chi connectivity index (χ4n) is 2.19. The van der Waals surface area contributed by atoms with Crippen molar-refractivity contribution < 1.29 is 18.2 Å². The van der Waals surface area contributed by atoms with E-state index in [-0.39, 0.29) is 6.42 Å². The Kier molecular flexibility index (Phi) is 4.66. The van der Waals surface area contributed by atoms with E-state index >= 15 is 0 Å². The Morgan fingerprint density at radius 2 is 2.29 bits per heavy atom. The van der Waals surface area contributed by atoms with Crippen LogP contribution in [0.4, 0.5) is 4.39 Å². The molecule has 0 saturated carbocycles. The molecule has 3 unspecified atom stereocenters. The van der Waals surface area contributed by atoms with E-state index in [9.17, 15) is 18.5 Å². The summed E-state index contributed by atoms with van der Waals surface area (Å²) >= 11 is 10.4. The van der Waals surface area contributed by atoms with Crippen LogP contribution in [-0.2, 0) is 13.8 Å². The van der Waals surface area contributed by atoms with E-state index in [2.05, 4.69) is 9.51 Å². The molecule has 118 valence electrons. The molecule has 0 aromatic carbocycles. The summed E-state index contributed by atoms with van der Waals surface area (Å²) in [6.07, 6.45) is -3.72. The van der Waals surface area contributed by atoms with Gasteiger partial charge in [0.2, 0.25) is 5.85 Å². The maximum absolute atomic E-state index is 14.5.